The van der Waals surface area contributed by atoms with Crippen LogP contribution in [0.25, 0.3) is 0 Å². The van der Waals surface area contributed by atoms with Crippen LogP contribution < -0.4 is 10.6 Å². The van der Waals surface area contributed by atoms with E-state index in [2.05, 4.69) is 33.4 Å². The molecule has 0 aromatic heterocycles. The highest BCUT2D eigenvalue weighted by atomic mass is 127. The van der Waals surface area contributed by atoms with E-state index in [-0.39, 0.29) is 35.9 Å². The van der Waals surface area contributed by atoms with Gasteiger partial charge < -0.3 is 20.3 Å². The van der Waals surface area contributed by atoms with Crippen LogP contribution in [0.2, 0.25) is 0 Å². The van der Waals surface area contributed by atoms with E-state index < -0.39 is 0 Å². The van der Waals surface area contributed by atoms with E-state index in [0.29, 0.717) is 6.54 Å². The van der Waals surface area contributed by atoms with Crippen LogP contribution in [0.4, 0.5) is 0 Å². The van der Waals surface area contributed by atoms with Crippen molar-refractivity contribution in [3.05, 3.63) is 11.6 Å². The number of aliphatic imine (C=N–C) groups is 1. The fourth-order valence-electron chi connectivity index (χ4n) is 3.21. The van der Waals surface area contributed by atoms with Crippen molar-refractivity contribution in [3.63, 3.8) is 0 Å². The smallest absolute Gasteiger partial charge is 0.234 e. The average Bonchev–Trinajstić information content (AvgIpc) is 2.62. The Morgan fingerprint density at radius 1 is 1.30 bits per heavy atom. The molecule has 27 heavy (non-hydrogen) atoms. The molecule has 156 valence electrons. The van der Waals surface area contributed by atoms with Crippen molar-refractivity contribution in [2.24, 2.45) is 4.99 Å². The van der Waals surface area contributed by atoms with Gasteiger partial charge in [0.15, 0.2) is 5.96 Å². The van der Waals surface area contributed by atoms with Crippen molar-refractivity contribution in [3.8, 4) is 0 Å². The number of guanidine groups is 1. The molecule has 0 atom stereocenters. The molecule has 1 amide bonds. The Labute approximate surface area is 181 Å². The maximum absolute atomic E-state index is 11.9. The van der Waals surface area contributed by atoms with Gasteiger partial charge in [-0.2, -0.15) is 0 Å². The van der Waals surface area contributed by atoms with Crippen molar-refractivity contribution < 1.29 is 9.53 Å². The van der Waals surface area contributed by atoms with Crippen molar-refractivity contribution in [2.45, 2.75) is 39.7 Å². The number of carbonyl (C=O) groups is 1. The highest BCUT2D eigenvalue weighted by molar-refractivity contribution is 14.0. The third kappa shape index (κ3) is 9.25. The molecule has 0 bridgehead atoms. The Morgan fingerprint density at radius 3 is 2.63 bits per heavy atom. The highest BCUT2D eigenvalue weighted by Crippen LogP contribution is 2.12. The Balaban J connectivity index is 0.00000364. The van der Waals surface area contributed by atoms with Gasteiger partial charge >= 0.3 is 0 Å². The lowest BCUT2D eigenvalue weighted by atomic mass is 10.1. The van der Waals surface area contributed by atoms with E-state index in [0.717, 1.165) is 71.3 Å². The molecule has 2 aliphatic heterocycles. The van der Waals surface area contributed by atoms with Crippen LogP contribution in [0.5, 0.6) is 0 Å². The summed E-state index contributed by atoms with van der Waals surface area (Å²) in [7, 11) is 0. The molecule has 0 radical (unpaired) electrons. The summed E-state index contributed by atoms with van der Waals surface area (Å²) in [4.78, 5) is 21.2. The fraction of sp³-hybridized carbons (Fsp3) is 0.789. The zero-order chi connectivity index (χ0) is 18.8. The zero-order valence-corrected chi connectivity index (χ0v) is 19.3. The van der Waals surface area contributed by atoms with Crippen LogP contribution in [0, 0.1) is 0 Å². The summed E-state index contributed by atoms with van der Waals surface area (Å²) in [6.07, 6.45) is 4.23. The van der Waals surface area contributed by atoms with E-state index in [1.807, 2.05) is 13.8 Å². The number of amides is 1. The van der Waals surface area contributed by atoms with Crippen molar-refractivity contribution >= 4 is 35.8 Å². The van der Waals surface area contributed by atoms with Crippen LogP contribution >= 0.6 is 24.0 Å². The quantitative estimate of drug-likeness (QED) is 0.243. The highest BCUT2D eigenvalue weighted by Gasteiger charge is 2.21. The van der Waals surface area contributed by atoms with E-state index in [4.69, 9.17) is 9.73 Å². The number of nitrogens with zero attached hydrogens (tertiary/aromatic N) is 3. The SMILES string of the molecule is CCNC(=NCCC1=CCOCC1)N1CCN(CC(=O)NC(C)C)CC1.I. The minimum atomic E-state index is 0. The second kappa shape index (κ2) is 13.3. The van der Waals surface area contributed by atoms with Gasteiger partial charge in [0.1, 0.15) is 0 Å². The first-order valence-electron chi connectivity index (χ1n) is 9.89. The minimum Gasteiger partial charge on any atom is -0.377 e. The average molecular weight is 493 g/mol. The molecule has 2 N–H and O–H groups in total. The maximum Gasteiger partial charge on any atom is 0.234 e. The molecule has 0 aliphatic carbocycles. The van der Waals surface area contributed by atoms with Crippen molar-refractivity contribution in [2.75, 3.05) is 59.0 Å². The number of piperazine rings is 1. The van der Waals surface area contributed by atoms with Gasteiger partial charge in [-0.05, 0) is 33.6 Å². The van der Waals surface area contributed by atoms with E-state index in [1.54, 1.807) is 0 Å². The van der Waals surface area contributed by atoms with Gasteiger partial charge in [0, 0.05) is 45.3 Å². The number of ether oxygens (including phenoxy) is 1. The van der Waals surface area contributed by atoms with Gasteiger partial charge in [-0.3, -0.25) is 14.7 Å². The normalized spacial score (nSPS) is 18.7. The lowest BCUT2D eigenvalue weighted by molar-refractivity contribution is -0.123. The van der Waals surface area contributed by atoms with E-state index in [1.165, 1.54) is 5.57 Å². The molecule has 2 heterocycles. The largest absolute Gasteiger partial charge is 0.377 e. The second-order valence-electron chi connectivity index (χ2n) is 7.16. The molecule has 0 aromatic carbocycles. The third-order valence-electron chi connectivity index (χ3n) is 4.58. The first kappa shape index (κ1) is 24.2. The summed E-state index contributed by atoms with van der Waals surface area (Å²) in [5, 5.41) is 6.36. The lowest BCUT2D eigenvalue weighted by Gasteiger charge is -2.36. The van der Waals surface area contributed by atoms with Crippen LogP contribution in [0.15, 0.2) is 16.6 Å². The number of nitrogens with one attached hydrogen (secondary N) is 2. The first-order chi connectivity index (χ1) is 12.6. The molecule has 1 saturated heterocycles. The molecule has 0 unspecified atom stereocenters. The Bertz CT molecular complexity index is 502. The fourth-order valence-corrected chi connectivity index (χ4v) is 3.21. The molecule has 0 aromatic rings. The van der Waals surface area contributed by atoms with Crippen LogP contribution in [0.3, 0.4) is 0 Å². The zero-order valence-electron chi connectivity index (χ0n) is 17.0. The summed E-state index contributed by atoms with van der Waals surface area (Å²) in [6.45, 7) is 13.4. The van der Waals surface area contributed by atoms with Gasteiger partial charge in [0.05, 0.1) is 19.8 Å². The molecule has 2 aliphatic rings. The molecular formula is C19H36IN5O2. The van der Waals surface area contributed by atoms with Crippen LogP contribution in [-0.4, -0.2) is 86.7 Å². The second-order valence-corrected chi connectivity index (χ2v) is 7.16. The molecule has 0 saturated carbocycles. The number of hydrogen-bond acceptors (Lipinski definition) is 4. The van der Waals surface area contributed by atoms with Crippen LogP contribution in [-0.2, 0) is 9.53 Å². The van der Waals surface area contributed by atoms with Crippen molar-refractivity contribution in [1.82, 2.24) is 20.4 Å². The monoisotopic (exact) mass is 493 g/mol. The van der Waals surface area contributed by atoms with Crippen LogP contribution in [0.1, 0.15) is 33.6 Å². The first-order valence-corrected chi connectivity index (χ1v) is 9.89. The van der Waals surface area contributed by atoms with Gasteiger partial charge in [0.2, 0.25) is 5.91 Å². The molecule has 1 fully saturated rings. The third-order valence-corrected chi connectivity index (χ3v) is 4.58. The summed E-state index contributed by atoms with van der Waals surface area (Å²) in [6, 6.07) is 0.196. The molecule has 8 heteroatoms. The Hall–Kier alpha value is -0.870. The molecule has 0 spiro atoms. The number of hydrogen-bond donors (Lipinski definition) is 2. The topological polar surface area (TPSA) is 69.2 Å². The Kier molecular flexibility index (Phi) is 11.9. The van der Waals surface area contributed by atoms with E-state index in [9.17, 15) is 4.79 Å². The van der Waals surface area contributed by atoms with Crippen molar-refractivity contribution in [1.29, 1.82) is 0 Å². The predicted molar refractivity (Wildman–Crippen MR) is 121 cm³/mol. The predicted octanol–water partition coefficient (Wildman–Crippen LogP) is 1.45. The van der Waals surface area contributed by atoms with Gasteiger partial charge in [-0.25, -0.2) is 0 Å². The molecule has 2 rings (SSSR count). The molecule has 7 nitrogen and oxygen atoms in total. The van der Waals surface area contributed by atoms with Gasteiger partial charge in [-0.15, -0.1) is 24.0 Å². The summed E-state index contributed by atoms with van der Waals surface area (Å²) in [5.41, 5.74) is 1.46. The molecular weight excluding hydrogens is 457 g/mol. The standard InChI is InChI=1S/C19H35N5O2.HI/c1-4-20-19(21-8-5-17-6-13-26-14-7-17)24-11-9-23(10-12-24)15-18(25)22-16(2)3;/h6,16H,4-5,7-15H2,1-3H3,(H,20,21)(H,22,25);1H. The lowest BCUT2D eigenvalue weighted by Crippen LogP contribution is -2.54. The number of halogens is 1. The van der Waals surface area contributed by atoms with Gasteiger partial charge in [0.25, 0.3) is 0 Å². The number of rotatable bonds is 7. The van der Waals surface area contributed by atoms with E-state index >= 15 is 0 Å². The minimum absolute atomic E-state index is 0. The summed E-state index contributed by atoms with van der Waals surface area (Å²) in [5.74, 6) is 1.10. The maximum atomic E-state index is 11.9. The number of carbonyl (C=O) groups excluding carboxylic acids is 1. The summed E-state index contributed by atoms with van der Waals surface area (Å²) < 4.78 is 5.35. The summed E-state index contributed by atoms with van der Waals surface area (Å²) >= 11 is 0. The Morgan fingerprint density at radius 2 is 2.04 bits per heavy atom. The van der Waals surface area contributed by atoms with Gasteiger partial charge in [-0.1, -0.05) is 11.6 Å².